The fraction of sp³-hybridized carbons (Fsp3) is 0.348. The Morgan fingerprint density at radius 1 is 0.780 bits per heavy atom. The first-order valence-electron chi connectivity index (χ1n) is 20.6. The van der Waals surface area contributed by atoms with E-state index in [0.29, 0.717) is 50.3 Å². The van der Waals surface area contributed by atoms with E-state index in [2.05, 4.69) is 42.7 Å². The molecule has 0 bridgehead atoms. The standard InChI is InChI=1S/C46H49N9O4/c1-30(51-52-47)42(33-12-6-3-7-13-33)46(59)55-24-9-15-41(55)44(57)49-37-20-21-38-35(26-37)27-39(50-38)32-16-18-36(19-17-32)48-43(56)40-14-8-23-54(40)45(58)34-22-25-53(29-34)28-31-10-4-2-5-11-31/h2-7,10-13,16-21,26-27,30,34,40-42,50H,8-9,14-15,22-25,28-29H2,1H3,(H,48,56)(H,49,57)/t30?,34-,40+,41+,42-/m1/s1. The van der Waals surface area contributed by atoms with Gasteiger partial charge in [0, 0.05) is 59.1 Å². The van der Waals surface area contributed by atoms with Gasteiger partial charge in [0.1, 0.15) is 12.1 Å². The largest absolute Gasteiger partial charge is 0.355 e. The van der Waals surface area contributed by atoms with Crippen LogP contribution in [0.1, 0.15) is 56.1 Å². The summed E-state index contributed by atoms with van der Waals surface area (Å²) in [4.78, 5) is 66.9. The Balaban J connectivity index is 0.878. The van der Waals surface area contributed by atoms with Crippen LogP contribution in [0, 0.1) is 5.92 Å². The van der Waals surface area contributed by atoms with E-state index < -0.39 is 24.0 Å². The quantitative estimate of drug-likeness (QED) is 0.0668. The van der Waals surface area contributed by atoms with Crippen molar-refractivity contribution in [3.63, 3.8) is 0 Å². The van der Waals surface area contributed by atoms with Gasteiger partial charge in [-0.05, 0) is 97.3 Å². The Morgan fingerprint density at radius 3 is 2.14 bits per heavy atom. The molecule has 0 aliphatic carbocycles. The van der Waals surface area contributed by atoms with Gasteiger partial charge in [0.15, 0.2) is 0 Å². The minimum atomic E-state index is -0.701. The number of carbonyl (C=O) groups excluding carboxylic acids is 4. The van der Waals surface area contributed by atoms with Crippen LogP contribution in [-0.4, -0.2) is 87.6 Å². The smallest absolute Gasteiger partial charge is 0.247 e. The van der Waals surface area contributed by atoms with Crippen molar-refractivity contribution in [2.75, 3.05) is 36.8 Å². The third-order valence-corrected chi connectivity index (χ3v) is 12.0. The molecular weight excluding hydrogens is 743 g/mol. The van der Waals surface area contributed by atoms with E-state index in [4.69, 9.17) is 5.53 Å². The van der Waals surface area contributed by atoms with Crippen LogP contribution in [0.2, 0.25) is 0 Å². The molecule has 0 saturated carbocycles. The highest BCUT2D eigenvalue weighted by molar-refractivity contribution is 6.01. The third kappa shape index (κ3) is 8.72. The second kappa shape index (κ2) is 17.6. The monoisotopic (exact) mass is 791 g/mol. The summed E-state index contributed by atoms with van der Waals surface area (Å²) >= 11 is 0. The van der Waals surface area contributed by atoms with Crippen LogP contribution in [-0.2, 0) is 25.7 Å². The number of rotatable bonds is 12. The average molecular weight is 792 g/mol. The van der Waals surface area contributed by atoms with Crippen molar-refractivity contribution in [2.45, 2.75) is 69.6 Å². The number of nitrogens with one attached hydrogen (secondary N) is 3. The molecule has 0 spiro atoms. The lowest BCUT2D eigenvalue weighted by Crippen LogP contribution is -2.46. The van der Waals surface area contributed by atoms with Gasteiger partial charge in [0.25, 0.3) is 0 Å². The number of hydrogen-bond donors (Lipinski definition) is 3. The lowest BCUT2D eigenvalue weighted by Gasteiger charge is -2.30. The number of aromatic nitrogens is 1. The molecular formula is C46H49N9O4. The van der Waals surface area contributed by atoms with Gasteiger partial charge in [-0.2, -0.15) is 0 Å². The number of aromatic amines is 1. The number of hydrogen-bond acceptors (Lipinski definition) is 6. The van der Waals surface area contributed by atoms with Crippen molar-refractivity contribution in [3.8, 4) is 11.3 Å². The first kappa shape index (κ1) is 39.4. The van der Waals surface area contributed by atoms with Crippen LogP contribution < -0.4 is 10.6 Å². The Labute approximate surface area is 343 Å². The Morgan fingerprint density at radius 2 is 1.42 bits per heavy atom. The van der Waals surface area contributed by atoms with E-state index in [0.717, 1.165) is 53.7 Å². The van der Waals surface area contributed by atoms with Gasteiger partial charge in [0.05, 0.1) is 17.9 Å². The average Bonchev–Trinajstić information content (AvgIpc) is 4.09. The molecule has 302 valence electrons. The first-order valence-corrected chi connectivity index (χ1v) is 20.6. The first-order chi connectivity index (χ1) is 28.7. The normalized spacial score (nSPS) is 20.3. The molecule has 4 aromatic carbocycles. The molecule has 4 heterocycles. The summed E-state index contributed by atoms with van der Waals surface area (Å²) in [6, 6.07) is 33.1. The van der Waals surface area contributed by atoms with Crippen molar-refractivity contribution >= 4 is 45.9 Å². The number of azide groups is 1. The Hall–Kier alpha value is -6.43. The number of amides is 4. The lowest BCUT2D eigenvalue weighted by molar-refractivity contribution is -0.139. The zero-order valence-electron chi connectivity index (χ0n) is 33.2. The molecule has 3 saturated heterocycles. The van der Waals surface area contributed by atoms with Crippen LogP contribution in [0.15, 0.2) is 114 Å². The highest BCUT2D eigenvalue weighted by Gasteiger charge is 2.41. The lowest BCUT2D eigenvalue weighted by atomic mass is 9.91. The van der Waals surface area contributed by atoms with Crippen molar-refractivity contribution in [1.29, 1.82) is 0 Å². The highest BCUT2D eigenvalue weighted by Crippen LogP contribution is 2.32. The molecule has 5 aromatic rings. The fourth-order valence-electron chi connectivity index (χ4n) is 9.02. The number of nitrogens with zero attached hydrogens (tertiary/aromatic N) is 6. The molecule has 8 rings (SSSR count). The van der Waals surface area contributed by atoms with Crippen LogP contribution in [0.4, 0.5) is 11.4 Å². The second-order valence-electron chi connectivity index (χ2n) is 16.0. The van der Waals surface area contributed by atoms with Crippen molar-refractivity contribution in [3.05, 3.63) is 131 Å². The summed E-state index contributed by atoms with van der Waals surface area (Å²) < 4.78 is 0. The number of fused-ring (bicyclic) bond motifs is 1. The zero-order valence-corrected chi connectivity index (χ0v) is 33.2. The molecule has 3 N–H and O–H groups in total. The van der Waals surface area contributed by atoms with E-state index in [1.165, 1.54) is 5.56 Å². The second-order valence-corrected chi connectivity index (χ2v) is 16.0. The number of carbonyl (C=O) groups is 4. The molecule has 13 heteroatoms. The number of anilines is 2. The Bertz CT molecular complexity index is 2360. The number of benzene rings is 4. The zero-order chi connectivity index (χ0) is 40.9. The molecule has 13 nitrogen and oxygen atoms in total. The topological polar surface area (TPSA) is 167 Å². The van der Waals surface area contributed by atoms with Crippen LogP contribution in [0.25, 0.3) is 32.6 Å². The van der Waals surface area contributed by atoms with Crippen LogP contribution in [0.3, 0.4) is 0 Å². The van der Waals surface area contributed by atoms with E-state index in [1.54, 1.807) is 16.7 Å². The SMILES string of the molecule is CC(N=[N+]=[N-])[C@@H](C(=O)N1CCC[C@H]1C(=O)Nc1ccc2[nH]c(-c3ccc(NC(=O)[C@@H]4CCCN4C(=O)[C@@H]4CCN(Cc5ccccc5)C4)cc3)cc2c1)c1ccccc1. The van der Waals surface area contributed by atoms with Crippen molar-refractivity contribution < 1.29 is 19.2 Å². The summed E-state index contributed by atoms with van der Waals surface area (Å²) in [5, 5.41) is 10.8. The van der Waals surface area contributed by atoms with Gasteiger partial charge in [-0.25, -0.2) is 0 Å². The molecule has 1 aromatic heterocycles. The van der Waals surface area contributed by atoms with Gasteiger partial charge >= 0.3 is 0 Å². The summed E-state index contributed by atoms with van der Waals surface area (Å²) in [6.07, 6.45) is 3.49. The van der Waals surface area contributed by atoms with Gasteiger partial charge in [-0.1, -0.05) is 84.8 Å². The van der Waals surface area contributed by atoms with Gasteiger partial charge in [0.2, 0.25) is 23.6 Å². The molecule has 4 amide bonds. The van der Waals surface area contributed by atoms with Crippen molar-refractivity contribution in [1.82, 2.24) is 19.7 Å². The summed E-state index contributed by atoms with van der Waals surface area (Å²) in [6.45, 7) is 5.18. The van der Waals surface area contributed by atoms with Crippen molar-refractivity contribution in [2.24, 2.45) is 11.0 Å². The maximum atomic E-state index is 13.9. The highest BCUT2D eigenvalue weighted by atomic mass is 16.2. The Kier molecular flexibility index (Phi) is 11.8. The van der Waals surface area contributed by atoms with E-state index in [1.807, 2.05) is 97.1 Å². The molecule has 5 atom stereocenters. The molecule has 3 aliphatic heterocycles. The minimum absolute atomic E-state index is 0.0799. The maximum absolute atomic E-state index is 13.9. The summed E-state index contributed by atoms with van der Waals surface area (Å²) in [7, 11) is 0. The third-order valence-electron chi connectivity index (χ3n) is 12.0. The molecule has 0 radical (unpaired) electrons. The number of likely N-dealkylation sites (tertiary alicyclic amines) is 3. The van der Waals surface area contributed by atoms with E-state index >= 15 is 0 Å². The molecule has 1 unspecified atom stereocenters. The molecule has 59 heavy (non-hydrogen) atoms. The van der Waals surface area contributed by atoms with Gasteiger partial charge in [-0.3, -0.25) is 24.1 Å². The summed E-state index contributed by atoms with van der Waals surface area (Å²) in [5.41, 5.74) is 15.1. The van der Waals surface area contributed by atoms with Gasteiger partial charge < -0.3 is 25.4 Å². The van der Waals surface area contributed by atoms with Gasteiger partial charge in [-0.15, -0.1) is 0 Å². The summed E-state index contributed by atoms with van der Waals surface area (Å²) in [5.74, 6) is -1.37. The van der Waals surface area contributed by atoms with Crippen LogP contribution in [0.5, 0.6) is 0 Å². The number of H-pyrrole nitrogens is 1. The predicted octanol–water partition coefficient (Wildman–Crippen LogP) is 7.70. The predicted molar refractivity (Wildman–Crippen MR) is 228 cm³/mol. The maximum Gasteiger partial charge on any atom is 0.247 e. The minimum Gasteiger partial charge on any atom is -0.355 e. The fourth-order valence-corrected chi connectivity index (χ4v) is 9.02. The molecule has 3 fully saturated rings. The van der Waals surface area contributed by atoms with E-state index in [9.17, 15) is 19.2 Å². The van der Waals surface area contributed by atoms with Crippen LogP contribution >= 0.6 is 0 Å². The van der Waals surface area contributed by atoms with E-state index in [-0.39, 0.29) is 29.5 Å². The molecule has 3 aliphatic rings.